The number of aromatic nitrogens is 2. The number of likely N-dealkylation sites (N-methyl/N-ethyl adjacent to an activating group) is 1. The number of unbranched alkanes of at least 4 members (excludes halogenated alkanes) is 3. The van der Waals surface area contributed by atoms with Crippen LogP contribution >= 0.6 is 11.7 Å². The van der Waals surface area contributed by atoms with Crippen LogP contribution in [0.25, 0.3) is 5.57 Å². The van der Waals surface area contributed by atoms with Gasteiger partial charge in [0.25, 0.3) is 5.88 Å². The first-order chi connectivity index (χ1) is 14.3. The van der Waals surface area contributed by atoms with Gasteiger partial charge in [-0.05, 0) is 12.8 Å². The van der Waals surface area contributed by atoms with E-state index in [2.05, 4.69) is 34.5 Å². The first kappa shape index (κ1) is 24.7. The lowest BCUT2D eigenvalue weighted by molar-refractivity contribution is -0.944. The summed E-state index contributed by atoms with van der Waals surface area (Å²) in [6.07, 6.45) is 6.94. The minimum atomic E-state index is -0.787. The van der Waals surface area contributed by atoms with E-state index in [0.717, 1.165) is 48.8 Å². The van der Waals surface area contributed by atoms with Crippen LogP contribution < -0.4 is 10.5 Å². The van der Waals surface area contributed by atoms with Crippen molar-refractivity contribution in [1.29, 1.82) is 0 Å². The summed E-state index contributed by atoms with van der Waals surface area (Å²) in [7, 11) is 2.07. The predicted molar refractivity (Wildman–Crippen MR) is 117 cm³/mol. The van der Waals surface area contributed by atoms with Gasteiger partial charge in [0, 0.05) is 18.9 Å². The second-order valence-electron chi connectivity index (χ2n) is 8.32. The van der Waals surface area contributed by atoms with E-state index in [4.69, 9.17) is 9.47 Å². The summed E-state index contributed by atoms with van der Waals surface area (Å²) in [5.74, 6) is 0.142. The average Bonchev–Trinajstić information content (AvgIpc) is 3.21. The largest absolute Gasteiger partial charge is 0.475 e. The van der Waals surface area contributed by atoms with Gasteiger partial charge in [-0.15, -0.1) is 4.37 Å². The molecule has 2 unspecified atom stereocenters. The van der Waals surface area contributed by atoms with Gasteiger partial charge in [-0.3, -0.25) is 4.48 Å². The molecular weight excluding hydrogens is 404 g/mol. The van der Waals surface area contributed by atoms with E-state index in [1.807, 2.05) is 13.8 Å². The fourth-order valence-corrected chi connectivity index (χ4v) is 4.07. The molecule has 9 heteroatoms. The summed E-state index contributed by atoms with van der Waals surface area (Å²) in [5, 5.41) is 9.89. The van der Waals surface area contributed by atoms with Crippen molar-refractivity contribution in [1.82, 2.24) is 8.75 Å². The smallest absolute Gasteiger partial charge is 0.372 e. The quantitative estimate of drug-likeness (QED) is 0.291. The number of quaternary nitrogens is 2. The Morgan fingerprint density at radius 2 is 2.10 bits per heavy atom. The maximum absolute atomic E-state index is 12.4. The molecule has 0 saturated heterocycles. The zero-order chi connectivity index (χ0) is 22.1. The molecule has 0 aliphatic carbocycles. The number of ether oxygens (including phenoxy) is 2. The molecule has 0 saturated carbocycles. The molecule has 1 aliphatic heterocycles. The standard InChI is InChI=1S/C21H37N4O4S/c1-5-7-8-9-13-28-20-19(23-30-24-20)16-11-10-12-25(4,14-16)15(3)29-21(27)18(22)17(26)6-2/h11,15,17-18,26H,5-10,12-14,22H2,1-4H3/q+1/p+1/t15?,17-,18+,25?/m1/s1. The van der Waals surface area contributed by atoms with Gasteiger partial charge in [0.15, 0.2) is 0 Å². The predicted octanol–water partition coefficient (Wildman–Crippen LogP) is 2.00. The molecule has 170 valence electrons. The maximum Gasteiger partial charge on any atom is 0.372 e. The minimum Gasteiger partial charge on any atom is -0.475 e. The fraction of sp³-hybridized carbons (Fsp3) is 0.762. The van der Waals surface area contributed by atoms with Crippen molar-refractivity contribution >= 4 is 23.3 Å². The number of hydrogen-bond donors (Lipinski definition) is 2. The van der Waals surface area contributed by atoms with Crippen LogP contribution in [0.15, 0.2) is 6.08 Å². The molecule has 0 bridgehead atoms. The maximum atomic E-state index is 12.4. The third-order valence-electron chi connectivity index (χ3n) is 5.91. The van der Waals surface area contributed by atoms with Crippen LogP contribution in [0.1, 0.15) is 65.0 Å². The first-order valence-electron chi connectivity index (χ1n) is 11.0. The van der Waals surface area contributed by atoms with Crippen molar-refractivity contribution in [2.24, 2.45) is 0 Å². The second-order valence-corrected chi connectivity index (χ2v) is 8.85. The molecule has 0 spiro atoms. The zero-order valence-electron chi connectivity index (χ0n) is 18.8. The Labute approximate surface area is 184 Å². The van der Waals surface area contributed by atoms with Crippen LogP contribution in [-0.4, -0.2) is 69.4 Å². The third-order valence-corrected chi connectivity index (χ3v) is 6.42. The number of aliphatic hydroxyl groups excluding tert-OH is 1. The van der Waals surface area contributed by atoms with Gasteiger partial charge in [-0.1, -0.05) is 39.2 Å². The highest BCUT2D eigenvalue weighted by atomic mass is 32.1. The number of carbonyl (C=O) groups is 1. The van der Waals surface area contributed by atoms with Crippen LogP contribution in [0.2, 0.25) is 0 Å². The number of carbonyl (C=O) groups excluding carboxylic acids is 1. The van der Waals surface area contributed by atoms with Crippen molar-refractivity contribution in [3.63, 3.8) is 0 Å². The number of rotatable bonds is 12. The summed E-state index contributed by atoms with van der Waals surface area (Å²) in [6, 6.07) is -0.778. The summed E-state index contributed by atoms with van der Waals surface area (Å²) in [4.78, 5) is 12.4. The Morgan fingerprint density at radius 1 is 1.33 bits per heavy atom. The SMILES string of the molecule is CCCCCCOc1nsnc1C1=CCC[N+](C)(C(C)OC(=O)[C@@H]([NH3+])[C@H](O)CC)C1. The van der Waals surface area contributed by atoms with Gasteiger partial charge in [0.05, 0.1) is 31.9 Å². The normalized spacial score (nSPS) is 22.1. The topological polar surface area (TPSA) is 109 Å². The van der Waals surface area contributed by atoms with E-state index >= 15 is 0 Å². The van der Waals surface area contributed by atoms with Gasteiger partial charge in [-0.25, -0.2) is 4.79 Å². The summed E-state index contributed by atoms with van der Waals surface area (Å²) in [6.45, 7) is 8.08. The van der Waals surface area contributed by atoms with E-state index in [9.17, 15) is 9.90 Å². The highest BCUT2D eigenvalue weighted by Gasteiger charge is 2.38. The lowest BCUT2D eigenvalue weighted by Crippen LogP contribution is -2.71. The number of aliphatic hydroxyl groups is 1. The molecular formula is C21H38N4O4S+2. The average molecular weight is 443 g/mol. The Bertz CT molecular complexity index is 711. The van der Waals surface area contributed by atoms with Crippen molar-refractivity contribution in [3.05, 3.63) is 11.8 Å². The van der Waals surface area contributed by atoms with Crippen molar-refractivity contribution in [2.45, 2.75) is 77.7 Å². The minimum absolute atomic E-state index is 0.362. The molecule has 0 fully saturated rings. The Balaban J connectivity index is 2.00. The molecule has 4 atom stereocenters. The molecule has 1 aromatic rings. The Kier molecular flexibility index (Phi) is 9.67. The van der Waals surface area contributed by atoms with E-state index in [1.165, 1.54) is 12.8 Å². The van der Waals surface area contributed by atoms with Crippen LogP contribution in [0.4, 0.5) is 0 Å². The van der Waals surface area contributed by atoms with Crippen LogP contribution in [0, 0.1) is 0 Å². The van der Waals surface area contributed by atoms with Gasteiger partial charge in [0.1, 0.15) is 18.3 Å². The molecule has 1 aliphatic rings. The lowest BCUT2D eigenvalue weighted by Gasteiger charge is -2.41. The summed E-state index contributed by atoms with van der Waals surface area (Å²) < 4.78 is 21.0. The molecule has 0 aromatic carbocycles. The molecule has 2 heterocycles. The zero-order valence-corrected chi connectivity index (χ0v) is 19.6. The Hall–Kier alpha value is -1.55. The molecule has 8 nitrogen and oxygen atoms in total. The molecule has 0 radical (unpaired) electrons. The molecule has 2 rings (SSSR count). The Morgan fingerprint density at radius 3 is 2.80 bits per heavy atom. The fourth-order valence-electron chi connectivity index (χ4n) is 3.54. The van der Waals surface area contributed by atoms with Crippen molar-refractivity contribution in [3.8, 4) is 5.88 Å². The van der Waals surface area contributed by atoms with Gasteiger partial charge in [-0.2, -0.15) is 4.37 Å². The van der Waals surface area contributed by atoms with Crippen molar-refractivity contribution < 1.29 is 29.6 Å². The van der Waals surface area contributed by atoms with Crippen LogP contribution in [0.5, 0.6) is 5.88 Å². The third kappa shape index (κ3) is 6.47. The number of hydrogen-bond acceptors (Lipinski definition) is 7. The van der Waals surface area contributed by atoms with E-state index in [0.29, 0.717) is 29.9 Å². The van der Waals surface area contributed by atoms with E-state index in [1.54, 1.807) is 0 Å². The summed E-state index contributed by atoms with van der Waals surface area (Å²) >= 11 is 1.16. The number of esters is 1. The molecule has 1 aromatic heterocycles. The highest BCUT2D eigenvalue weighted by Crippen LogP contribution is 2.31. The van der Waals surface area contributed by atoms with E-state index < -0.39 is 18.1 Å². The second kappa shape index (κ2) is 11.7. The van der Waals surface area contributed by atoms with Crippen molar-refractivity contribution in [2.75, 3.05) is 26.7 Å². The first-order valence-corrected chi connectivity index (χ1v) is 11.8. The molecule has 4 N–H and O–H groups in total. The monoisotopic (exact) mass is 442 g/mol. The molecule has 30 heavy (non-hydrogen) atoms. The summed E-state index contributed by atoms with van der Waals surface area (Å²) in [5.41, 5.74) is 5.64. The number of nitrogens with zero attached hydrogens (tertiary/aromatic N) is 3. The van der Waals surface area contributed by atoms with E-state index in [-0.39, 0.29) is 6.23 Å². The molecule has 0 amide bonds. The van der Waals surface area contributed by atoms with Gasteiger partial charge in [0.2, 0.25) is 12.3 Å². The van der Waals surface area contributed by atoms with Gasteiger partial charge < -0.3 is 20.3 Å². The van der Waals surface area contributed by atoms with Gasteiger partial charge >= 0.3 is 5.97 Å². The van der Waals surface area contributed by atoms with Crippen LogP contribution in [0.3, 0.4) is 0 Å². The highest BCUT2D eigenvalue weighted by molar-refractivity contribution is 6.99. The lowest BCUT2D eigenvalue weighted by atomic mass is 10.0. The van der Waals surface area contributed by atoms with Crippen LogP contribution in [-0.2, 0) is 9.53 Å².